The van der Waals surface area contributed by atoms with Gasteiger partial charge < -0.3 is 10.6 Å². The molecule has 0 aliphatic rings. The summed E-state index contributed by atoms with van der Waals surface area (Å²) in [5, 5.41) is 6.58. The predicted octanol–water partition coefficient (Wildman–Crippen LogP) is 2.71. The van der Waals surface area contributed by atoms with Crippen molar-refractivity contribution in [1.82, 2.24) is 15.4 Å². The van der Waals surface area contributed by atoms with Crippen LogP contribution in [0.15, 0.2) is 29.3 Å². The third-order valence-electron chi connectivity index (χ3n) is 3.70. The molecule has 0 heterocycles. The summed E-state index contributed by atoms with van der Waals surface area (Å²) >= 11 is 1.86. The van der Waals surface area contributed by atoms with Crippen LogP contribution in [0, 0.1) is 0 Å². The molecule has 1 rings (SSSR count). The molecule has 6 nitrogen and oxygen atoms in total. The maximum atomic E-state index is 12.3. The summed E-state index contributed by atoms with van der Waals surface area (Å²) in [6, 6.07) is 7.46. The van der Waals surface area contributed by atoms with Gasteiger partial charge in [-0.25, -0.2) is 18.1 Å². The van der Waals surface area contributed by atoms with Crippen molar-refractivity contribution in [1.29, 1.82) is 0 Å². The van der Waals surface area contributed by atoms with Gasteiger partial charge in [0.25, 0.3) is 0 Å². The van der Waals surface area contributed by atoms with E-state index in [2.05, 4.69) is 26.6 Å². The summed E-state index contributed by atoms with van der Waals surface area (Å²) < 4.78 is 27.1. The maximum absolute atomic E-state index is 12.3. The van der Waals surface area contributed by atoms with E-state index in [0.717, 1.165) is 36.6 Å². The Hall–Kier alpha value is -1.25. The molecule has 0 unspecified atom stereocenters. The Bertz CT molecular complexity index is 676. The first-order chi connectivity index (χ1) is 12.9. The van der Waals surface area contributed by atoms with Crippen molar-refractivity contribution in [2.45, 2.75) is 52.0 Å². The van der Waals surface area contributed by atoms with Crippen LogP contribution in [0.2, 0.25) is 0 Å². The number of hydrogen-bond donors (Lipinski definition) is 3. The minimum atomic E-state index is -3.36. The fourth-order valence-corrected chi connectivity index (χ4v) is 4.53. The van der Waals surface area contributed by atoms with Crippen LogP contribution in [0.1, 0.15) is 44.7 Å². The first-order valence-corrected chi connectivity index (χ1v) is 12.5. The van der Waals surface area contributed by atoms with Crippen LogP contribution in [0.5, 0.6) is 0 Å². The highest BCUT2D eigenvalue weighted by Gasteiger charge is 2.15. The lowest BCUT2D eigenvalue weighted by atomic mass is 10.1. The lowest BCUT2D eigenvalue weighted by Gasteiger charge is -2.13. The lowest BCUT2D eigenvalue weighted by molar-refractivity contribution is 0.569. The topological polar surface area (TPSA) is 82.6 Å². The minimum Gasteiger partial charge on any atom is -0.357 e. The van der Waals surface area contributed by atoms with Gasteiger partial charge in [-0.05, 0) is 56.7 Å². The summed E-state index contributed by atoms with van der Waals surface area (Å²) in [6.07, 6.45) is 4.39. The molecule has 1 aromatic carbocycles. The number of sulfonamides is 1. The average molecular weight is 415 g/mol. The SMILES string of the molecule is CCNC(=NCc1ccccc1CS(=O)(=O)NC(C)C)NCCCCSC. The van der Waals surface area contributed by atoms with Crippen molar-refractivity contribution in [2.75, 3.05) is 25.1 Å². The van der Waals surface area contributed by atoms with Gasteiger partial charge in [-0.3, -0.25) is 0 Å². The molecule has 0 saturated heterocycles. The van der Waals surface area contributed by atoms with Crippen molar-refractivity contribution in [3.05, 3.63) is 35.4 Å². The van der Waals surface area contributed by atoms with Gasteiger partial charge in [0.05, 0.1) is 12.3 Å². The number of hydrogen-bond acceptors (Lipinski definition) is 4. The van der Waals surface area contributed by atoms with E-state index in [0.29, 0.717) is 6.54 Å². The monoisotopic (exact) mass is 414 g/mol. The molecule has 0 spiro atoms. The molecule has 0 radical (unpaired) electrons. The maximum Gasteiger partial charge on any atom is 0.216 e. The van der Waals surface area contributed by atoms with Crippen LogP contribution < -0.4 is 15.4 Å². The summed E-state index contributed by atoms with van der Waals surface area (Å²) in [6.45, 7) is 7.77. The smallest absolute Gasteiger partial charge is 0.216 e. The van der Waals surface area contributed by atoms with Crippen LogP contribution in [0.25, 0.3) is 0 Å². The number of guanidine groups is 1. The summed E-state index contributed by atoms with van der Waals surface area (Å²) in [4.78, 5) is 4.63. The van der Waals surface area contributed by atoms with Gasteiger partial charge in [-0.15, -0.1) is 0 Å². The van der Waals surface area contributed by atoms with E-state index in [9.17, 15) is 8.42 Å². The fraction of sp³-hybridized carbons (Fsp3) is 0.632. The third kappa shape index (κ3) is 10.6. The van der Waals surface area contributed by atoms with Gasteiger partial charge in [-0.2, -0.15) is 11.8 Å². The van der Waals surface area contributed by atoms with Crippen LogP contribution >= 0.6 is 11.8 Å². The van der Waals surface area contributed by atoms with Crippen molar-refractivity contribution in [3.8, 4) is 0 Å². The van der Waals surface area contributed by atoms with Crippen molar-refractivity contribution >= 4 is 27.7 Å². The normalized spacial score (nSPS) is 12.4. The number of nitrogens with one attached hydrogen (secondary N) is 3. The molecular formula is C19H34N4O2S2. The van der Waals surface area contributed by atoms with Gasteiger partial charge >= 0.3 is 0 Å². The Morgan fingerprint density at radius 1 is 1.15 bits per heavy atom. The molecular weight excluding hydrogens is 380 g/mol. The van der Waals surface area contributed by atoms with E-state index < -0.39 is 10.0 Å². The fourth-order valence-electron chi connectivity index (χ4n) is 2.54. The number of aliphatic imine (C=N–C) groups is 1. The highest BCUT2D eigenvalue weighted by Crippen LogP contribution is 2.13. The van der Waals surface area contributed by atoms with Crippen LogP contribution in [0.4, 0.5) is 0 Å². The molecule has 8 heteroatoms. The molecule has 0 atom stereocenters. The van der Waals surface area contributed by atoms with E-state index in [1.54, 1.807) is 0 Å². The molecule has 0 bridgehead atoms. The Morgan fingerprint density at radius 2 is 1.85 bits per heavy atom. The summed E-state index contributed by atoms with van der Waals surface area (Å²) in [7, 11) is -3.36. The highest BCUT2D eigenvalue weighted by molar-refractivity contribution is 7.98. The predicted molar refractivity (Wildman–Crippen MR) is 118 cm³/mol. The van der Waals surface area contributed by atoms with Crippen molar-refractivity contribution in [2.24, 2.45) is 4.99 Å². The first-order valence-electron chi connectivity index (χ1n) is 9.45. The number of unbranched alkanes of at least 4 members (excludes halogenated alkanes) is 1. The number of benzene rings is 1. The second-order valence-corrected chi connectivity index (χ2v) is 9.36. The molecule has 154 valence electrons. The molecule has 0 saturated carbocycles. The lowest BCUT2D eigenvalue weighted by Crippen LogP contribution is -2.37. The highest BCUT2D eigenvalue weighted by atomic mass is 32.2. The second kappa shape index (κ2) is 13.0. The van der Waals surface area contributed by atoms with E-state index in [-0.39, 0.29) is 11.8 Å². The molecule has 0 aromatic heterocycles. The Kier molecular flexibility index (Phi) is 11.5. The Balaban J connectivity index is 2.76. The zero-order valence-electron chi connectivity index (χ0n) is 16.9. The number of nitrogens with zero attached hydrogens (tertiary/aromatic N) is 1. The van der Waals surface area contributed by atoms with E-state index in [1.165, 1.54) is 12.2 Å². The zero-order chi connectivity index (χ0) is 20.1. The molecule has 27 heavy (non-hydrogen) atoms. The third-order valence-corrected chi connectivity index (χ3v) is 5.92. The number of thioether (sulfide) groups is 1. The van der Waals surface area contributed by atoms with Gasteiger partial charge in [0.1, 0.15) is 0 Å². The number of rotatable bonds is 12. The Morgan fingerprint density at radius 3 is 2.48 bits per heavy atom. The largest absolute Gasteiger partial charge is 0.357 e. The first kappa shape index (κ1) is 23.8. The zero-order valence-corrected chi connectivity index (χ0v) is 18.5. The molecule has 0 fully saturated rings. The molecule has 1 aromatic rings. The van der Waals surface area contributed by atoms with Crippen LogP contribution in [-0.4, -0.2) is 45.5 Å². The van der Waals surface area contributed by atoms with Gasteiger partial charge in [0.2, 0.25) is 10.0 Å². The second-order valence-electron chi connectivity index (χ2n) is 6.62. The van der Waals surface area contributed by atoms with Gasteiger partial charge in [0.15, 0.2) is 5.96 Å². The van der Waals surface area contributed by atoms with Crippen LogP contribution in [-0.2, 0) is 22.3 Å². The van der Waals surface area contributed by atoms with Crippen molar-refractivity contribution in [3.63, 3.8) is 0 Å². The average Bonchev–Trinajstić information content (AvgIpc) is 2.59. The molecule has 0 aliphatic heterocycles. The quantitative estimate of drug-likeness (QED) is 0.278. The Labute approximate surface area is 169 Å². The summed E-state index contributed by atoms with van der Waals surface area (Å²) in [5.74, 6) is 1.90. The van der Waals surface area contributed by atoms with Gasteiger partial charge in [-0.1, -0.05) is 24.3 Å². The molecule has 0 aliphatic carbocycles. The van der Waals surface area contributed by atoms with E-state index in [4.69, 9.17) is 0 Å². The van der Waals surface area contributed by atoms with Gasteiger partial charge in [0, 0.05) is 19.1 Å². The molecule has 0 amide bonds. The minimum absolute atomic E-state index is 0.0322. The summed E-state index contributed by atoms with van der Waals surface area (Å²) in [5.41, 5.74) is 1.71. The van der Waals surface area contributed by atoms with Crippen LogP contribution in [0.3, 0.4) is 0 Å². The van der Waals surface area contributed by atoms with E-state index in [1.807, 2.05) is 56.8 Å². The standard InChI is InChI=1S/C19H34N4O2S2/c1-5-20-19(21-12-8-9-13-26-4)22-14-17-10-6-7-11-18(17)15-27(24,25)23-16(2)3/h6-7,10-11,16,23H,5,8-9,12-15H2,1-4H3,(H2,20,21,22). The van der Waals surface area contributed by atoms with E-state index >= 15 is 0 Å². The molecule has 3 N–H and O–H groups in total. The van der Waals surface area contributed by atoms with Crippen molar-refractivity contribution < 1.29 is 8.42 Å².